The summed E-state index contributed by atoms with van der Waals surface area (Å²) in [5.41, 5.74) is 0. The minimum Gasteiger partial charge on any atom is -0.481 e. The van der Waals surface area contributed by atoms with Crippen LogP contribution in [-0.4, -0.2) is 35.6 Å². The number of rotatable bonds is 4. The molecule has 0 radical (unpaired) electrons. The fourth-order valence-corrected chi connectivity index (χ4v) is 3.09. The zero-order valence-corrected chi connectivity index (χ0v) is 10.4. The van der Waals surface area contributed by atoms with Crippen molar-refractivity contribution in [3.05, 3.63) is 0 Å². The van der Waals surface area contributed by atoms with Crippen molar-refractivity contribution in [3.8, 4) is 0 Å². The fourth-order valence-electron chi connectivity index (χ4n) is 3.09. The SMILES string of the molecule is CC1CC1CN(C)C1CCCCC1C(=O)O. The van der Waals surface area contributed by atoms with Gasteiger partial charge in [-0.05, 0) is 38.1 Å². The van der Waals surface area contributed by atoms with E-state index in [1.54, 1.807) is 0 Å². The zero-order valence-electron chi connectivity index (χ0n) is 10.4. The van der Waals surface area contributed by atoms with Gasteiger partial charge in [0.15, 0.2) is 0 Å². The highest BCUT2D eigenvalue weighted by Crippen LogP contribution is 2.39. The van der Waals surface area contributed by atoms with Gasteiger partial charge in [0, 0.05) is 12.6 Å². The normalized spacial score (nSPS) is 38.7. The van der Waals surface area contributed by atoms with Crippen LogP contribution >= 0.6 is 0 Å². The summed E-state index contributed by atoms with van der Waals surface area (Å²) >= 11 is 0. The Kier molecular flexibility index (Phi) is 3.53. The van der Waals surface area contributed by atoms with Crippen LogP contribution in [0.5, 0.6) is 0 Å². The summed E-state index contributed by atoms with van der Waals surface area (Å²) in [5.74, 6) is 0.948. The van der Waals surface area contributed by atoms with E-state index in [1.807, 2.05) is 0 Å². The number of carboxylic acid groups (broad SMARTS) is 1. The molecule has 0 spiro atoms. The molecule has 4 unspecified atom stereocenters. The van der Waals surface area contributed by atoms with Crippen LogP contribution in [-0.2, 0) is 4.79 Å². The maximum Gasteiger partial charge on any atom is 0.308 e. The van der Waals surface area contributed by atoms with E-state index in [-0.39, 0.29) is 12.0 Å². The third-order valence-electron chi connectivity index (χ3n) is 4.41. The molecule has 2 rings (SSSR count). The topological polar surface area (TPSA) is 40.5 Å². The molecule has 2 aliphatic carbocycles. The van der Waals surface area contributed by atoms with Gasteiger partial charge in [0.2, 0.25) is 0 Å². The van der Waals surface area contributed by atoms with E-state index in [4.69, 9.17) is 0 Å². The first-order valence-electron chi connectivity index (χ1n) is 6.52. The van der Waals surface area contributed by atoms with Crippen LogP contribution in [0.1, 0.15) is 39.0 Å². The number of hydrogen-bond donors (Lipinski definition) is 1. The number of hydrogen-bond acceptors (Lipinski definition) is 2. The lowest BCUT2D eigenvalue weighted by molar-refractivity contribution is -0.145. The highest BCUT2D eigenvalue weighted by Gasteiger charge is 2.38. The Morgan fingerprint density at radius 2 is 2.00 bits per heavy atom. The van der Waals surface area contributed by atoms with Gasteiger partial charge in [-0.25, -0.2) is 0 Å². The molecule has 2 fully saturated rings. The Morgan fingerprint density at radius 3 is 2.56 bits per heavy atom. The number of nitrogens with zero attached hydrogens (tertiary/aromatic N) is 1. The van der Waals surface area contributed by atoms with E-state index in [9.17, 15) is 9.90 Å². The molecule has 0 aromatic heterocycles. The number of aliphatic carboxylic acids is 1. The first-order valence-corrected chi connectivity index (χ1v) is 6.52. The smallest absolute Gasteiger partial charge is 0.308 e. The van der Waals surface area contributed by atoms with Gasteiger partial charge in [0.05, 0.1) is 5.92 Å². The van der Waals surface area contributed by atoms with Crippen LogP contribution in [0.15, 0.2) is 0 Å². The van der Waals surface area contributed by atoms with Crippen LogP contribution in [0.4, 0.5) is 0 Å². The van der Waals surface area contributed by atoms with E-state index in [0.29, 0.717) is 0 Å². The second kappa shape index (κ2) is 4.74. The Bertz CT molecular complexity index is 267. The average Bonchev–Trinajstić information content (AvgIpc) is 2.94. The van der Waals surface area contributed by atoms with Gasteiger partial charge in [0.1, 0.15) is 0 Å². The maximum absolute atomic E-state index is 11.2. The van der Waals surface area contributed by atoms with E-state index < -0.39 is 5.97 Å². The molecule has 0 saturated heterocycles. The molecular weight excluding hydrogens is 202 g/mol. The molecule has 4 atom stereocenters. The minimum absolute atomic E-state index is 0.132. The zero-order chi connectivity index (χ0) is 11.7. The molecule has 0 amide bonds. The van der Waals surface area contributed by atoms with Crippen LogP contribution in [0.2, 0.25) is 0 Å². The number of carboxylic acids is 1. The molecular formula is C13H23NO2. The van der Waals surface area contributed by atoms with Crippen molar-refractivity contribution < 1.29 is 9.90 Å². The van der Waals surface area contributed by atoms with Crippen molar-refractivity contribution in [2.24, 2.45) is 17.8 Å². The van der Waals surface area contributed by atoms with Crippen molar-refractivity contribution in [1.82, 2.24) is 4.90 Å². The number of carbonyl (C=O) groups is 1. The molecule has 16 heavy (non-hydrogen) atoms. The van der Waals surface area contributed by atoms with Gasteiger partial charge >= 0.3 is 5.97 Å². The van der Waals surface area contributed by atoms with Crippen molar-refractivity contribution in [3.63, 3.8) is 0 Å². The highest BCUT2D eigenvalue weighted by molar-refractivity contribution is 5.71. The average molecular weight is 225 g/mol. The first-order chi connectivity index (χ1) is 7.59. The molecule has 2 saturated carbocycles. The molecule has 0 bridgehead atoms. The van der Waals surface area contributed by atoms with Crippen molar-refractivity contribution in [1.29, 1.82) is 0 Å². The maximum atomic E-state index is 11.2. The third-order valence-corrected chi connectivity index (χ3v) is 4.41. The monoisotopic (exact) mass is 225 g/mol. The van der Waals surface area contributed by atoms with Crippen LogP contribution in [0, 0.1) is 17.8 Å². The van der Waals surface area contributed by atoms with Crippen LogP contribution in [0.3, 0.4) is 0 Å². The van der Waals surface area contributed by atoms with Crippen LogP contribution in [0.25, 0.3) is 0 Å². The molecule has 0 aromatic rings. The molecule has 0 heterocycles. The van der Waals surface area contributed by atoms with E-state index in [1.165, 1.54) is 12.8 Å². The summed E-state index contributed by atoms with van der Waals surface area (Å²) in [6.07, 6.45) is 5.54. The lowest BCUT2D eigenvalue weighted by Gasteiger charge is -2.36. The second-order valence-corrected chi connectivity index (χ2v) is 5.71. The van der Waals surface area contributed by atoms with Gasteiger partial charge in [-0.2, -0.15) is 0 Å². The molecule has 0 aliphatic heterocycles. The van der Waals surface area contributed by atoms with Crippen LogP contribution < -0.4 is 0 Å². The highest BCUT2D eigenvalue weighted by atomic mass is 16.4. The molecule has 3 heteroatoms. The van der Waals surface area contributed by atoms with Crippen molar-refractivity contribution >= 4 is 5.97 Å². The molecule has 92 valence electrons. The molecule has 0 aromatic carbocycles. The van der Waals surface area contributed by atoms with E-state index in [2.05, 4.69) is 18.9 Å². The second-order valence-electron chi connectivity index (χ2n) is 5.71. The lowest BCUT2D eigenvalue weighted by atomic mass is 9.83. The Labute approximate surface area is 97.8 Å². The van der Waals surface area contributed by atoms with E-state index in [0.717, 1.165) is 37.6 Å². The Hall–Kier alpha value is -0.570. The summed E-state index contributed by atoms with van der Waals surface area (Å²) in [6, 6.07) is 0.277. The Morgan fingerprint density at radius 1 is 1.38 bits per heavy atom. The standard InChI is InChI=1S/C13H23NO2/c1-9-7-10(9)8-14(2)12-6-4-3-5-11(12)13(15)16/h9-12H,3-8H2,1-2H3,(H,15,16). The first kappa shape index (κ1) is 11.9. The predicted octanol–water partition coefficient (Wildman–Crippen LogP) is 2.22. The quantitative estimate of drug-likeness (QED) is 0.797. The molecule has 3 nitrogen and oxygen atoms in total. The summed E-state index contributed by atoms with van der Waals surface area (Å²) in [5, 5.41) is 9.23. The third kappa shape index (κ3) is 2.57. The van der Waals surface area contributed by atoms with Gasteiger partial charge in [-0.15, -0.1) is 0 Å². The van der Waals surface area contributed by atoms with E-state index >= 15 is 0 Å². The lowest BCUT2D eigenvalue weighted by Crippen LogP contribution is -2.44. The van der Waals surface area contributed by atoms with Crippen molar-refractivity contribution in [2.45, 2.75) is 45.1 Å². The van der Waals surface area contributed by atoms with Gasteiger partial charge < -0.3 is 10.0 Å². The Balaban J connectivity index is 1.91. The largest absolute Gasteiger partial charge is 0.481 e. The molecule has 1 N–H and O–H groups in total. The fraction of sp³-hybridized carbons (Fsp3) is 0.923. The summed E-state index contributed by atoms with van der Waals surface area (Å²) < 4.78 is 0. The summed E-state index contributed by atoms with van der Waals surface area (Å²) in [4.78, 5) is 13.5. The van der Waals surface area contributed by atoms with Gasteiger partial charge in [0.25, 0.3) is 0 Å². The minimum atomic E-state index is -0.597. The summed E-state index contributed by atoms with van der Waals surface area (Å²) in [6.45, 7) is 3.38. The summed E-state index contributed by atoms with van der Waals surface area (Å²) in [7, 11) is 2.11. The molecule has 2 aliphatic rings. The van der Waals surface area contributed by atoms with Crippen molar-refractivity contribution in [2.75, 3.05) is 13.6 Å². The predicted molar refractivity (Wildman–Crippen MR) is 63.3 cm³/mol. The van der Waals surface area contributed by atoms with Gasteiger partial charge in [-0.1, -0.05) is 19.8 Å². The van der Waals surface area contributed by atoms with Gasteiger partial charge in [-0.3, -0.25) is 4.79 Å².